The molecule has 0 saturated carbocycles. The first-order chi connectivity index (χ1) is 35.9. The third kappa shape index (κ3) is 10.8. The molecule has 0 aliphatic carbocycles. The first-order valence-corrected chi connectivity index (χ1v) is 25.6. The largest absolute Gasteiger partial charge is 0.507 e. The van der Waals surface area contributed by atoms with Crippen LogP contribution in [0.4, 0.5) is 0 Å². The monoisotopic (exact) mass is 958 g/mol. The Morgan fingerprint density at radius 3 is 1.49 bits per heavy atom. The number of fused-ring (bicyclic) bond motifs is 6. The van der Waals surface area contributed by atoms with Crippen LogP contribution in [0.3, 0.4) is 0 Å². The molecule has 0 aromatic heterocycles. The second kappa shape index (κ2) is 22.7. The molecule has 0 bridgehead atoms. The van der Waals surface area contributed by atoms with Crippen LogP contribution in [0.1, 0.15) is 68.1 Å². The Morgan fingerprint density at radius 1 is 0.452 bits per heavy atom. The van der Waals surface area contributed by atoms with Crippen molar-refractivity contribution < 1.29 is 28.9 Å². The summed E-state index contributed by atoms with van der Waals surface area (Å²) in [5, 5.41) is 20.3. The van der Waals surface area contributed by atoms with Gasteiger partial charge in [-0.3, -0.25) is 0 Å². The van der Waals surface area contributed by atoms with E-state index >= 15 is 0 Å². The molecule has 362 valence electrons. The van der Waals surface area contributed by atoms with E-state index in [0.29, 0.717) is 35.7 Å². The highest BCUT2D eigenvalue weighted by Crippen LogP contribution is 2.54. The van der Waals surface area contributed by atoms with Crippen molar-refractivity contribution in [2.24, 2.45) is 0 Å². The summed E-state index contributed by atoms with van der Waals surface area (Å²) >= 11 is 0. The van der Waals surface area contributed by atoms with E-state index in [1.54, 1.807) is 0 Å². The smallest absolute Gasteiger partial charge is 0.343 e. The van der Waals surface area contributed by atoms with E-state index < -0.39 is 5.97 Å². The summed E-state index contributed by atoms with van der Waals surface area (Å²) in [6.07, 6.45) is 11.3. The average molecular weight is 959 g/mol. The highest BCUT2D eigenvalue weighted by atomic mass is 16.5. The predicted octanol–water partition coefficient (Wildman–Crippen LogP) is 17.5. The molecule has 73 heavy (non-hydrogen) atoms. The van der Waals surface area contributed by atoms with Crippen molar-refractivity contribution in [1.29, 1.82) is 0 Å². The van der Waals surface area contributed by atoms with E-state index in [0.717, 1.165) is 114 Å². The van der Waals surface area contributed by atoms with Crippen LogP contribution in [0, 0.1) is 0 Å². The van der Waals surface area contributed by atoms with E-state index in [1.165, 1.54) is 31.8 Å². The zero-order valence-electron chi connectivity index (χ0n) is 41.0. The van der Waals surface area contributed by atoms with E-state index in [9.17, 15) is 14.7 Å². The van der Waals surface area contributed by atoms with Crippen molar-refractivity contribution in [1.82, 2.24) is 0 Å². The zero-order chi connectivity index (χ0) is 49.9. The van der Waals surface area contributed by atoms with Gasteiger partial charge in [0, 0.05) is 28.0 Å². The Kier molecular flexibility index (Phi) is 15.0. The minimum Gasteiger partial charge on any atom is -0.507 e. The fourth-order valence-corrected chi connectivity index (χ4v) is 10.1. The van der Waals surface area contributed by atoms with Crippen LogP contribution in [0.2, 0.25) is 0 Å². The number of ether oxygens (including phenoxy) is 3. The van der Waals surface area contributed by atoms with E-state index in [1.807, 2.05) is 109 Å². The van der Waals surface area contributed by atoms with Gasteiger partial charge < -0.3 is 19.3 Å². The van der Waals surface area contributed by atoms with Gasteiger partial charge in [-0.2, -0.15) is 0 Å². The third-order valence-corrected chi connectivity index (χ3v) is 13.9. The van der Waals surface area contributed by atoms with Crippen LogP contribution < -0.4 is 9.47 Å². The standard InChI is InChI=1S/C67H58O6/c1-2-60(68)72-43-21-9-7-5-3-4-6-8-20-42-71-55-40-38-47(39-41-55)46-30-34-52(35-31-46)67(70)73-66-62-54(37-33-51-27-17-19-29-57(51)62)45-59(49-24-14-11-15-25-49)64(66)63-58(48-22-12-10-13-23-48)44-53-36-32-50-26-16-18-28-56(50)61(53)65(63)69/h2,10-19,22-41,44-45,69H,1,3-9,20-21,42-43H2. The predicted molar refractivity (Wildman–Crippen MR) is 299 cm³/mol. The van der Waals surface area contributed by atoms with Gasteiger partial charge in [0.1, 0.15) is 17.2 Å². The number of esters is 2. The van der Waals surface area contributed by atoms with Crippen LogP contribution in [0.15, 0.2) is 207 Å². The fourth-order valence-electron chi connectivity index (χ4n) is 10.1. The van der Waals surface area contributed by atoms with Crippen LogP contribution in [-0.4, -0.2) is 30.3 Å². The summed E-state index contributed by atoms with van der Waals surface area (Å²) in [4.78, 5) is 26.0. The number of hydrogen-bond acceptors (Lipinski definition) is 6. The van der Waals surface area contributed by atoms with Crippen LogP contribution in [0.5, 0.6) is 17.2 Å². The lowest BCUT2D eigenvalue weighted by Crippen LogP contribution is -2.10. The number of hydrogen-bond donors (Lipinski definition) is 1. The second-order valence-corrected chi connectivity index (χ2v) is 18.7. The maximum Gasteiger partial charge on any atom is 0.343 e. The molecule has 6 nitrogen and oxygen atoms in total. The number of rotatable bonds is 20. The molecule has 1 N–H and O–H groups in total. The summed E-state index contributed by atoms with van der Waals surface area (Å²) in [6, 6.07) is 64.9. The number of carbonyl (C=O) groups excluding carboxylic acids is 2. The summed E-state index contributed by atoms with van der Waals surface area (Å²) in [7, 11) is 0. The molecule has 10 aromatic carbocycles. The molecule has 0 radical (unpaired) electrons. The van der Waals surface area contributed by atoms with Gasteiger partial charge in [-0.15, -0.1) is 0 Å². The third-order valence-electron chi connectivity index (χ3n) is 13.9. The molecule has 0 spiro atoms. The lowest BCUT2D eigenvalue weighted by atomic mass is 9.83. The molecule has 0 saturated heterocycles. The summed E-state index contributed by atoms with van der Waals surface area (Å²) in [5.41, 5.74) is 7.04. The van der Waals surface area contributed by atoms with Crippen molar-refractivity contribution in [2.75, 3.05) is 13.2 Å². The molecule has 10 rings (SSSR count). The summed E-state index contributed by atoms with van der Waals surface area (Å²) < 4.78 is 18.0. The Hall–Kier alpha value is -8.48. The van der Waals surface area contributed by atoms with Gasteiger partial charge in [-0.1, -0.05) is 209 Å². The summed E-state index contributed by atoms with van der Waals surface area (Å²) in [6.45, 7) is 4.57. The Balaban J connectivity index is 0.937. The van der Waals surface area contributed by atoms with Gasteiger partial charge in [0.15, 0.2) is 0 Å². The maximum absolute atomic E-state index is 14.9. The molecule has 0 aliphatic heterocycles. The first-order valence-electron chi connectivity index (χ1n) is 25.6. The number of carbonyl (C=O) groups is 2. The molecule has 0 aliphatic rings. The molecule has 0 unspecified atom stereocenters. The Labute approximate surface area is 427 Å². The molecule has 10 aromatic rings. The van der Waals surface area contributed by atoms with Crippen molar-refractivity contribution in [3.63, 3.8) is 0 Å². The lowest BCUT2D eigenvalue weighted by molar-refractivity contribution is -0.137. The minimum atomic E-state index is -0.510. The van der Waals surface area contributed by atoms with Gasteiger partial charge in [0.05, 0.1) is 18.8 Å². The van der Waals surface area contributed by atoms with Crippen molar-refractivity contribution in [2.45, 2.75) is 57.8 Å². The first kappa shape index (κ1) is 48.2. The Morgan fingerprint density at radius 2 is 0.918 bits per heavy atom. The number of aromatic hydroxyl groups is 1. The topological polar surface area (TPSA) is 82.1 Å². The number of unbranched alkanes of at least 4 members (excludes halogenated alkanes) is 8. The van der Waals surface area contributed by atoms with Crippen molar-refractivity contribution in [3.05, 3.63) is 212 Å². The second-order valence-electron chi connectivity index (χ2n) is 18.7. The molecule has 0 heterocycles. The van der Waals surface area contributed by atoms with E-state index in [4.69, 9.17) is 14.2 Å². The van der Waals surface area contributed by atoms with Gasteiger partial charge in [-0.25, -0.2) is 9.59 Å². The Bertz CT molecular complexity index is 3560. The number of phenols is 1. The number of phenolic OH excluding ortho intramolecular Hbond substituents is 1. The molecular weight excluding hydrogens is 901 g/mol. The highest BCUT2D eigenvalue weighted by Gasteiger charge is 2.28. The van der Waals surface area contributed by atoms with Crippen LogP contribution in [-0.2, 0) is 9.53 Å². The van der Waals surface area contributed by atoms with Gasteiger partial charge in [0.25, 0.3) is 0 Å². The normalized spacial score (nSPS) is 11.3. The minimum absolute atomic E-state index is 0.112. The van der Waals surface area contributed by atoms with Gasteiger partial charge in [0.2, 0.25) is 0 Å². The average Bonchev–Trinajstić information content (AvgIpc) is 3.44. The number of benzene rings is 10. The quantitative estimate of drug-likeness (QED) is 0.0269. The molecule has 0 amide bonds. The van der Waals surface area contributed by atoms with Gasteiger partial charge in [-0.05, 0) is 115 Å². The SMILES string of the molecule is C=CC(=O)OCCCCCCCCCCCOc1ccc(-c2ccc(C(=O)Oc3c(-c4c(-c5ccccc5)cc5ccc6ccccc6c5c4O)c(-c4ccccc4)cc4ccc5ccccc5c34)cc2)cc1. The molecule has 0 atom stereocenters. The van der Waals surface area contributed by atoms with Crippen molar-refractivity contribution in [3.8, 4) is 61.8 Å². The molecule has 0 fully saturated rings. The summed E-state index contributed by atoms with van der Waals surface area (Å²) in [5.74, 6) is 0.459. The molecule has 6 heteroatoms. The maximum atomic E-state index is 14.9. The van der Waals surface area contributed by atoms with Crippen LogP contribution >= 0.6 is 0 Å². The van der Waals surface area contributed by atoms with Gasteiger partial charge >= 0.3 is 11.9 Å². The van der Waals surface area contributed by atoms with Crippen molar-refractivity contribution >= 4 is 55.0 Å². The van der Waals surface area contributed by atoms with E-state index in [-0.39, 0.29) is 11.7 Å². The van der Waals surface area contributed by atoms with Crippen LogP contribution in [0.25, 0.3) is 87.6 Å². The highest BCUT2D eigenvalue weighted by molar-refractivity contribution is 6.21. The fraction of sp³-hybridized carbons (Fsp3) is 0.164. The zero-order valence-corrected chi connectivity index (χ0v) is 41.0. The molecular formula is C67H58O6. The van der Waals surface area contributed by atoms with E-state index in [2.05, 4.69) is 91.5 Å². The lowest BCUT2D eigenvalue weighted by Gasteiger charge is -2.23.